The van der Waals surface area contributed by atoms with Gasteiger partial charge in [0, 0.05) is 52.4 Å². The Hall–Kier alpha value is -2.63. The van der Waals surface area contributed by atoms with Crippen LogP contribution in [0.3, 0.4) is 0 Å². The summed E-state index contributed by atoms with van der Waals surface area (Å²) >= 11 is 0. The molecular formula is C24H26ClN3O2. The lowest BCUT2D eigenvalue weighted by Crippen LogP contribution is -2.26. The number of hydrogen-bond acceptors (Lipinski definition) is 4. The standard InChI is InChI=1S/C24H25N3O2.ClH/c1-3-26(4-2)12-13-27-20-8-5-16(24-25-11-14-29-24)15-19(20)23-18-7-10-22(28)17(18)6-9-21(23)27;/h5-6,8-9,11,14-15H,3-4,7,10,12-13H2,1-2H3;1H. The Morgan fingerprint density at radius 2 is 1.90 bits per heavy atom. The number of aryl methyl sites for hydroxylation is 1. The van der Waals surface area contributed by atoms with Crippen molar-refractivity contribution < 1.29 is 9.21 Å². The molecule has 2 aromatic carbocycles. The number of aromatic nitrogens is 2. The quantitative estimate of drug-likeness (QED) is 0.420. The van der Waals surface area contributed by atoms with E-state index in [1.165, 1.54) is 27.4 Å². The van der Waals surface area contributed by atoms with Crippen LogP contribution in [0.4, 0.5) is 0 Å². The van der Waals surface area contributed by atoms with Crippen LogP contribution in [0.1, 0.15) is 36.2 Å². The van der Waals surface area contributed by atoms with Gasteiger partial charge in [-0.25, -0.2) is 4.98 Å². The van der Waals surface area contributed by atoms with Crippen molar-refractivity contribution in [3.63, 3.8) is 0 Å². The summed E-state index contributed by atoms with van der Waals surface area (Å²) in [5, 5.41) is 2.40. The van der Waals surface area contributed by atoms with E-state index in [0.717, 1.165) is 43.7 Å². The molecule has 5 nitrogen and oxygen atoms in total. The van der Waals surface area contributed by atoms with Crippen molar-refractivity contribution in [1.82, 2.24) is 14.5 Å². The van der Waals surface area contributed by atoms with Crippen LogP contribution in [-0.4, -0.2) is 39.9 Å². The van der Waals surface area contributed by atoms with Crippen molar-refractivity contribution in [2.45, 2.75) is 33.2 Å². The number of nitrogens with zero attached hydrogens (tertiary/aromatic N) is 3. The number of ketones is 1. The maximum Gasteiger partial charge on any atom is 0.225 e. The van der Waals surface area contributed by atoms with Crippen molar-refractivity contribution >= 4 is 40.0 Å². The summed E-state index contributed by atoms with van der Waals surface area (Å²) in [6.07, 6.45) is 4.70. The second-order valence-corrected chi connectivity index (χ2v) is 7.66. The first-order chi connectivity index (χ1) is 14.2. The predicted octanol–water partition coefficient (Wildman–Crippen LogP) is 5.34. The number of likely N-dealkylation sites (N-methyl/N-ethyl adjacent to an activating group) is 1. The molecule has 30 heavy (non-hydrogen) atoms. The Morgan fingerprint density at radius 1 is 1.10 bits per heavy atom. The molecule has 1 aliphatic carbocycles. The SMILES string of the molecule is CCN(CC)CCn1c2ccc(-c3ncco3)cc2c2c3c(ccc21)C(=O)CC3.Cl. The van der Waals surface area contributed by atoms with Crippen LogP contribution in [0, 0.1) is 0 Å². The summed E-state index contributed by atoms with van der Waals surface area (Å²) in [5.74, 6) is 0.884. The number of rotatable bonds is 6. The summed E-state index contributed by atoms with van der Waals surface area (Å²) in [6.45, 7) is 8.43. The van der Waals surface area contributed by atoms with E-state index in [9.17, 15) is 4.79 Å². The molecule has 0 bridgehead atoms. The first-order valence-electron chi connectivity index (χ1n) is 10.4. The van der Waals surface area contributed by atoms with Crippen LogP contribution in [0.5, 0.6) is 0 Å². The molecule has 1 aliphatic rings. The van der Waals surface area contributed by atoms with E-state index in [2.05, 4.69) is 52.6 Å². The van der Waals surface area contributed by atoms with Gasteiger partial charge in [-0.05, 0) is 55.4 Å². The van der Waals surface area contributed by atoms with E-state index >= 15 is 0 Å². The van der Waals surface area contributed by atoms with Crippen molar-refractivity contribution in [3.8, 4) is 11.5 Å². The third-order valence-electron chi connectivity index (χ3n) is 6.25. The van der Waals surface area contributed by atoms with E-state index in [1.54, 1.807) is 12.5 Å². The molecule has 0 spiro atoms. The summed E-state index contributed by atoms with van der Waals surface area (Å²) in [6, 6.07) is 10.6. The second kappa shape index (κ2) is 8.25. The number of hydrogen-bond donors (Lipinski definition) is 0. The Morgan fingerprint density at radius 3 is 2.63 bits per heavy atom. The number of carbonyl (C=O) groups is 1. The van der Waals surface area contributed by atoms with E-state index in [1.807, 2.05) is 6.07 Å². The highest BCUT2D eigenvalue weighted by Crippen LogP contribution is 2.38. The molecule has 0 amide bonds. The number of halogens is 1. The summed E-state index contributed by atoms with van der Waals surface area (Å²) in [5.41, 5.74) is 5.47. The Labute approximate surface area is 182 Å². The van der Waals surface area contributed by atoms with Gasteiger partial charge in [-0.2, -0.15) is 0 Å². The number of carbonyl (C=O) groups excluding carboxylic acids is 1. The van der Waals surface area contributed by atoms with Crippen molar-refractivity contribution in [3.05, 3.63) is 53.9 Å². The van der Waals surface area contributed by atoms with Crippen LogP contribution >= 0.6 is 12.4 Å². The molecule has 4 aromatic rings. The smallest absolute Gasteiger partial charge is 0.225 e. The maximum absolute atomic E-state index is 12.4. The van der Waals surface area contributed by atoms with Gasteiger partial charge in [0.15, 0.2) is 5.78 Å². The molecule has 156 valence electrons. The van der Waals surface area contributed by atoms with E-state index in [-0.39, 0.29) is 18.2 Å². The fourth-order valence-electron chi connectivity index (χ4n) is 4.68. The average Bonchev–Trinajstić information content (AvgIpc) is 3.47. The Balaban J connectivity index is 0.00000218. The highest BCUT2D eigenvalue weighted by Gasteiger charge is 2.25. The third kappa shape index (κ3) is 3.22. The first-order valence-corrected chi connectivity index (χ1v) is 10.4. The Bertz CT molecular complexity index is 1210. The zero-order valence-electron chi connectivity index (χ0n) is 17.4. The molecule has 0 radical (unpaired) electrons. The number of Topliss-reactive ketones (excluding diaryl/α,β-unsaturated/α-hetero) is 1. The fourth-order valence-corrected chi connectivity index (χ4v) is 4.68. The molecule has 5 rings (SSSR count). The summed E-state index contributed by atoms with van der Waals surface area (Å²) < 4.78 is 7.93. The zero-order valence-corrected chi connectivity index (χ0v) is 18.2. The molecular weight excluding hydrogens is 398 g/mol. The molecule has 0 aliphatic heterocycles. The van der Waals surface area contributed by atoms with Gasteiger partial charge in [0.1, 0.15) is 6.26 Å². The number of fused-ring (bicyclic) bond motifs is 5. The highest BCUT2D eigenvalue weighted by molar-refractivity contribution is 6.15. The molecule has 2 heterocycles. The van der Waals surface area contributed by atoms with E-state index < -0.39 is 0 Å². The lowest BCUT2D eigenvalue weighted by molar-refractivity contribution is 0.0994. The highest BCUT2D eigenvalue weighted by atomic mass is 35.5. The minimum Gasteiger partial charge on any atom is -0.445 e. The van der Waals surface area contributed by atoms with Gasteiger partial charge in [0.25, 0.3) is 0 Å². The molecule has 2 aromatic heterocycles. The summed E-state index contributed by atoms with van der Waals surface area (Å²) in [4.78, 5) is 19.1. The second-order valence-electron chi connectivity index (χ2n) is 7.66. The predicted molar refractivity (Wildman–Crippen MR) is 123 cm³/mol. The third-order valence-corrected chi connectivity index (χ3v) is 6.25. The van der Waals surface area contributed by atoms with Gasteiger partial charge < -0.3 is 13.9 Å². The van der Waals surface area contributed by atoms with Gasteiger partial charge in [-0.15, -0.1) is 12.4 Å². The normalized spacial score (nSPS) is 13.4. The van der Waals surface area contributed by atoms with Gasteiger partial charge in [0.05, 0.1) is 6.20 Å². The van der Waals surface area contributed by atoms with Crippen molar-refractivity contribution in [1.29, 1.82) is 0 Å². The van der Waals surface area contributed by atoms with E-state index in [4.69, 9.17) is 4.42 Å². The minimum atomic E-state index is 0. The van der Waals surface area contributed by atoms with Gasteiger partial charge in [-0.1, -0.05) is 13.8 Å². The molecule has 0 N–H and O–H groups in total. The van der Waals surface area contributed by atoms with Crippen LogP contribution in [0.25, 0.3) is 33.3 Å². The molecule has 0 saturated carbocycles. The lowest BCUT2D eigenvalue weighted by Gasteiger charge is -2.19. The molecule has 0 atom stereocenters. The van der Waals surface area contributed by atoms with Crippen LogP contribution in [0.15, 0.2) is 47.2 Å². The maximum atomic E-state index is 12.4. The first kappa shape index (κ1) is 20.6. The van der Waals surface area contributed by atoms with Crippen LogP contribution < -0.4 is 0 Å². The number of oxazole rings is 1. The summed E-state index contributed by atoms with van der Waals surface area (Å²) in [7, 11) is 0. The molecule has 0 unspecified atom stereocenters. The van der Waals surface area contributed by atoms with Gasteiger partial charge in [-0.3, -0.25) is 4.79 Å². The van der Waals surface area contributed by atoms with Gasteiger partial charge in [0.2, 0.25) is 5.89 Å². The van der Waals surface area contributed by atoms with Crippen molar-refractivity contribution in [2.75, 3.05) is 19.6 Å². The Kier molecular flexibility index (Phi) is 5.67. The number of benzene rings is 2. The van der Waals surface area contributed by atoms with Crippen LogP contribution in [0.2, 0.25) is 0 Å². The minimum absolute atomic E-state index is 0. The lowest BCUT2D eigenvalue weighted by atomic mass is 10.0. The average molecular weight is 424 g/mol. The largest absolute Gasteiger partial charge is 0.445 e. The molecule has 0 fully saturated rings. The molecule has 0 saturated heterocycles. The molecule has 6 heteroatoms. The van der Waals surface area contributed by atoms with E-state index in [0.29, 0.717) is 12.3 Å². The zero-order chi connectivity index (χ0) is 20.0. The topological polar surface area (TPSA) is 51.3 Å². The monoisotopic (exact) mass is 423 g/mol. The fraction of sp³-hybridized carbons (Fsp3) is 0.333. The van der Waals surface area contributed by atoms with Crippen molar-refractivity contribution in [2.24, 2.45) is 0 Å². The van der Waals surface area contributed by atoms with Crippen LogP contribution in [-0.2, 0) is 13.0 Å². The van der Waals surface area contributed by atoms with Gasteiger partial charge >= 0.3 is 0 Å².